The Hall–Kier alpha value is -3.34. The molecule has 58 heavy (non-hydrogen) atoms. The Morgan fingerprint density at radius 1 is 0.638 bits per heavy atom. The van der Waals surface area contributed by atoms with Gasteiger partial charge in [-0.05, 0) is 56.6 Å². The van der Waals surface area contributed by atoms with E-state index in [1.165, 1.54) is 86.8 Å². The molecule has 0 saturated carbocycles. The first kappa shape index (κ1) is 44.2. The summed E-state index contributed by atoms with van der Waals surface area (Å²) in [6.07, 6.45) is -29.3. The van der Waals surface area contributed by atoms with E-state index in [4.69, 9.17) is 14.2 Å². The maximum atomic E-state index is 16.9. The van der Waals surface area contributed by atoms with Crippen LogP contribution in [0.2, 0.25) is 0 Å². The van der Waals surface area contributed by atoms with Crippen molar-refractivity contribution in [3.8, 4) is 17.2 Å². The van der Waals surface area contributed by atoms with Crippen LogP contribution in [0.15, 0.2) is 72.8 Å². The van der Waals surface area contributed by atoms with Gasteiger partial charge in [0.25, 0.3) is 0 Å². The molecule has 0 aliphatic carbocycles. The minimum Gasteiger partial charge on any atom is -0.493 e. The number of fused-ring (bicyclic) bond motifs is 3. The lowest BCUT2D eigenvalue weighted by Crippen LogP contribution is -2.85. The van der Waals surface area contributed by atoms with Gasteiger partial charge in [-0.2, -0.15) is 51.3 Å². The van der Waals surface area contributed by atoms with Crippen molar-refractivity contribution in [2.45, 2.75) is 117 Å². The number of alkyl halides is 9. The van der Waals surface area contributed by atoms with Gasteiger partial charge < -0.3 is 29.5 Å². The van der Waals surface area contributed by atoms with Crippen LogP contribution in [-0.2, 0) is 15.6 Å². The van der Waals surface area contributed by atoms with E-state index in [1.807, 2.05) is 0 Å². The molecule has 7 unspecified atom stereocenters. The standard InChI is InChI=1S/C42H47F9O6S/c1-4-18-35(20-23-56-31-16-10-7-13-28(31)35)39(33(52)40(43,44)45,37(53,41(46,47)48)25-34(5-2)19-22-55-30-15-9-6-12-27(30)34)38(54,42(49,50)51)26-36(58-3)21-24-57-32-17-11-8-14-29(32)36/h6-17,33,52-54H,4-5,18-26H2,1-3H3. The van der Waals surface area contributed by atoms with Gasteiger partial charge in [0.15, 0.2) is 17.3 Å². The van der Waals surface area contributed by atoms with Gasteiger partial charge in [-0.3, -0.25) is 0 Å². The minimum absolute atomic E-state index is 0.0114. The molecule has 0 fully saturated rings. The van der Waals surface area contributed by atoms with Crippen molar-refractivity contribution in [1.82, 2.24) is 0 Å². The summed E-state index contributed by atoms with van der Waals surface area (Å²) in [4.78, 5) is 0. The van der Waals surface area contributed by atoms with Crippen molar-refractivity contribution < 1.29 is 69.0 Å². The molecule has 320 valence electrons. The molecule has 0 radical (unpaired) electrons. The summed E-state index contributed by atoms with van der Waals surface area (Å²) in [5.41, 5.74) is -21.0. The number of thioether (sulfide) groups is 1. The fraction of sp³-hybridized carbons (Fsp3) is 0.571. The van der Waals surface area contributed by atoms with E-state index in [0.717, 1.165) is 6.07 Å². The molecule has 3 N–H and O–H groups in total. The monoisotopic (exact) mass is 850 g/mol. The summed E-state index contributed by atoms with van der Waals surface area (Å²) < 4.78 is 165. The van der Waals surface area contributed by atoms with Crippen LogP contribution in [0.1, 0.15) is 81.9 Å². The first-order valence-electron chi connectivity index (χ1n) is 19.2. The van der Waals surface area contributed by atoms with Gasteiger partial charge in [0.1, 0.15) is 17.2 Å². The fourth-order valence-corrected chi connectivity index (χ4v) is 11.8. The van der Waals surface area contributed by atoms with Gasteiger partial charge in [-0.15, -0.1) is 0 Å². The summed E-state index contributed by atoms with van der Waals surface area (Å²) in [7, 11) is 0. The number of rotatable bonds is 12. The van der Waals surface area contributed by atoms with Gasteiger partial charge in [0.2, 0.25) is 0 Å². The van der Waals surface area contributed by atoms with Crippen molar-refractivity contribution in [3.63, 3.8) is 0 Å². The highest BCUT2D eigenvalue weighted by atomic mass is 32.2. The molecule has 0 amide bonds. The van der Waals surface area contributed by atoms with Crippen LogP contribution < -0.4 is 14.2 Å². The Bertz CT molecular complexity index is 1850. The molecular weight excluding hydrogens is 804 g/mol. The summed E-state index contributed by atoms with van der Waals surface area (Å²) in [5, 5.41) is 38.7. The third-order valence-corrected chi connectivity index (χ3v) is 14.6. The first-order chi connectivity index (χ1) is 27.1. The molecule has 6 nitrogen and oxygen atoms in total. The number of aliphatic hydroxyl groups excluding tert-OH is 1. The van der Waals surface area contributed by atoms with Gasteiger partial charge in [-0.1, -0.05) is 74.9 Å². The van der Waals surface area contributed by atoms with E-state index < -0.39 is 101 Å². The van der Waals surface area contributed by atoms with Crippen molar-refractivity contribution in [2.24, 2.45) is 5.41 Å². The average molecular weight is 851 g/mol. The fourth-order valence-electron chi connectivity index (χ4n) is 10.8. The molecule has 0 aromatic heterocycles. The zero-order chi connectivity index (χ0) is 42.6. The van der Waals surface area contributed by atoms with Crippen LogP contribution in [-0.4, -0.2) is 77.2 Å². The summed E-state index contributed by atoms with van der Waals surface area (Å²) in [6, 6.07) is 16.2. The Morgan fingerprint density at radius 2 is 1.09 bits per heavy atom. The lowest BCUT2D eigenvalue weighted by atomic mass is 9.39. The molecule has 3 aromatic carbocycles. The predicted octanol–water partition coefficient (Wildman–Crippen LogP) is 9.96. The molecular formula is C42H47F9O6S. The molecule has 0 saturated heterocycles. The molecule has 6 rings (SSSR count). The van der Waals surface area contributed by atoms with Crippen LogP contribution in [0.4, 0.5) is 39.5 Å². The van der Waals surface area contributed by atoms with Crippen LogP contribution in [0.25, 0.3) is 0 Å². The number of ether oxygens (including phenoxy) is 3. The Morgan fingerprint density at radius 3 is 1.59 bits per heavy atom. The smallest absolute Gasteiger partial charge is 0.418 e. The third kappa shape index (κ3) is 6.45. The zero-order valence-electron chi connectivity index (χ0n) is 32.2. The SMILES string of the molecule is CCCC1(C(C(O)C(F)(F)F)(C(O)(CC2(CC)CCOc3ccccc32)C(F)(F)F)C(O)(CC2(SC)CCOc3ccccc32)C(F)(F)F)CCOc2ccccc21. The van der Waals surface area contributed by atoms with Crippen molar-refractivity contribution in [1.29, 1.82) is 0 Å². The first-order valence-corrected chi connectivity index (χ1v) is 20.4. The average Bonchev–Trinajstić information content (AvgIpc) is 3.17. The lowest BCUT2D eigenvalue weighted by Gasteiger charge is -2.68. The minimum atomic E-state index is -6.38. The second kappa shape index (κ2) is 15.3. The topological polar surface area (TPSA) is 88.4 Å². The molecule has 0 spiro atoms. The normalized spacial score (nSPS) is 27.2. The van der Waals surface area contributed by atoms with E-state index >= 15 is 39.5 Å². The van der Waals surface area contributed by atoms with E-state index in [2.05, 4.69) is 0 Å². The second-order valence-electron chi connectivity index (χ2n) is 15.8. The zero-order valence-corrected chi connectivity index (χ0v) is 33.0. The number of benzene rings is 3. The van der Waals surface area contributed by atoms with E-state index in [0.29, 0.717) is 11.8 Å². The van der Waals surface area contributed by atoms with E-state index in [1.54, 1.807) is 0 Å². The maximum Gasteiger partial charge on any atom is 0.418 e. The predicted molar refractivity (Wildman–Crippen MR) is 199 cm³/mol. The lowest BCUT2D eigenvalue weighted by molar-refractivity contribution is -0.439. The van der Waals surface area contributed by atoms with Crippen LogP contribution in [0, 0.1) is 5.41 Å². The Labute approximate surface area is 335 Å². The number of para-hydroxylation sites is 3. The molecule has 7 atom stereocenters. The van der Waals surface area contributed by atoms with Crippen molar-refractivity contribution in [2.75, 3.05) is 26.1 Å². The van der Waals surface area contributed by atoms with Crippen LogP contribution in [0.5, 0.6) is 17.2 Å². The van der Waals surface area contributed by atoms with E-state index in [9.17, 15) is 15.3 Å². The molecule has 3 aliphatic rings. The van der Waals surface area contributed by atoms with Crippen molar-refractivity contribution >= 4 is 11.8 Å². The number of hydrogen-bond donors (Lipinski definition) is 3. The number of aliphatic hydroxyl groups is 3. The van der Waals surface area contributed by atoms with E-state index in [-0.39, 0.29) is 60.9 Å². The van der Waals surface area contributed by atoms with Gasteiger partial charge in [0, 0.05) is 40.4 Å². The van der Waals surface area contributed by atoms with Gasteiger partial charge in [-0.25, -0.2) is 0 Å². The van der Waals surface area contributed by atoms with Crippen LogP contribution in [0.3, 0.4) is 0 Å². The Balaban J connectivity index is 1.88. The third-order valence-electron chi connectivity index (χ3n) is 13.2. The molecule has 0 bridgehead atoms. The maximum absolute atomic E-state index is 16.9. The number of hydrogen-bond acceptors (Lipinski definition) is 7. The highest BCUT2D eigenvalue weighted by Crippen LogP contribution is 2.74. The quantitative estimate of drug-likeness (QED) is 0.157. The second-order valence-corrected chi connectivity index (χ2v) is 17.0. The molecule has 16 heteroatoms. The van der Waals surface area contributed by atoms with Gasteiger partial charge >= 0.3 is 18.5 Å². The largest absolute Gasteiger partial charge is 0.493 e. The van der Waals surface area contributed by atoms with Crippen molar-refractivity contribution in [3.05, 3.63) is 89.5 Å². The Kier molecular flexibility index (Phi) is 11.7. The number of halogens is 9. The molecule has 3 heterocycles. The highest BCUT2D eigenvalue weighted by Gasteiger charge is 2.89. The van der Waals surface area contributed by atoms with Gasteiger partial charge in [0.05, 0.1) is 30.0 Å². The summed E-state index contributed by atoms with van der Waals surface area (Å²) in [5.74, 6) is -0.287. The summed E-state index contributed by atoms with van der Waals surface area (Å²) in [6.45, 7) is 1.48. The molecule has 3 aliphatic heterocycles. The summed E-state index contributed by atoms with van der Waals surface area (Å²) >= 11 is 0.700. The van der Waals surface area contributed by atoms with Crippen LogP contribution >= 0.6 is 11.8 Å². The highest BCUT2D eigenvalue weighted by molar-refractivity contribution is 7.99. The molecule has 3 aromatic rings.